The fourth-order valence-corrected chi connectivity index (χ4v) is 5.10. The van der Waals surface area contributed by atoms with Gasteiger partial charge >= 0.3 is 0 Å². The maximum atomic E-state index is 11.0. The monoisotopic (exact) mass is 238 g/mol. The Hall–Kier alpha value is -0.0800. The standard InChI is InChI=1S/C15H26O2/c1-13(2)8-11-10(13)4-6-14(3)9-15(11,17)7-5-12(14)16/h10-12,16-17H,4-9H2,1-3H3/t10-,11+,12+,14+,15+/m1/s1. The Morgan fingerprint density at radius 2 is 1.71 bits per heavy atom. The van der Waals surface area contributed by atoms with Gasteiger partial charge in [-0.1, -0.05) is 20.8 Å². The first-order valence-corrected chi connectivity index (χ1v) is 7.17. The minimum atomic E-state index is -0.481. The summed E-state index contributed by atoms with van der Waals surface area (Å²) >= 11 is 0. The fourth-order valence-electron chi connectivity index (χ4n) is 5.10. The van der Waals surface area contributed by atoms with Crippen molar-refractivity contribution in [2.75, 3.05) is 0 Å². The molecule has 3 rings (SSSR count). The van der Waals surface area contributed by atoms with Crippen LogP contribution < -0.4 is 0 Å². The lowest BCUT2D eigenvalue weighted by Crippen LogP contribution is -2.57. The zero-order valence-electron chi connectivity index (χ0n) is 11.4. The Bertz CT molecular complexity index is 338. The molecule has 0 amide bonds. The number of aliphatic hydroxyl groups is 2. The van der Waals surface area contributed by atoms with E-state index in [1.165, 1.54) is 12.8 Å². The molecule has 2 nitrogen and oxygen atoms in total. The van der Waals surface area contributed by atoms with Gasteiger partial charge in [-0.2, -0.15) is 0 Å². The number of rotatable bonds is 0. The molecule has 2 N–H and O–H groups in total. The maximum Gasteiger partial charge on any atom is 0.0686 e. The molecule has 0 radical (unpaired) electrons. The van der Waals surface area contributed by atoms with Crippen LogP contribution in [0, 0.1) is 22.7 Å². The van der Waals surface area contributed by atoms with Crippen LogP contribution >= 0.6 is 0 Å². The van der Waals surface area contributed by atoms with Gasteiger partial charge in [0.05, 0.1) is 11.7 Å². The lowest BCUT2D eigenvalue weighted by atomic mass is 9.49. The predicted molar refractivity (Wildman–Crippen MR) is 67.5 cm³/mol. The van der Waals surface area contributed by atoms with E-state index in [0.29, 0.717) is 17.3 Å². The first-order chi connectivity index (χ1) is 7.77. The van der Waals surface area contributed by atoms with Crippen LogP contribution in [0.4, 0.5) is 0 Å². The molecular weight excluding hydrogens is 212 g/mol. The molecule has 2 bridgehead atoms. The van der Waals surface area contributed by atoms with E-state index in [1.54, 1.807) is 0 Å². The average molecular weight is 238 g/mol. The fraction of sp³-hybridized carbons (Fsp3) is 1.00. The molecule has 0 heterocycles. The minimum absolute atomic E-state index is 0.0413. The van der Waals surface area contributed by atoms with Gasteiger partial charge in [-0.3, -0.25) is 0 Å². The molecular formula is C15H26O2. The van der Waals surface area contributed by atoms with E-state index in [2.05, 4.69) is 20.8 Å². The molecule has 3 saturated carbocycles. The van der Waals surface area contributed by atoms with E-state index < -0.39 is 5.60 Å². The molecule has 3 aliphatic rings. The number of hydrogen-bond acceptors (Lipinski definition) is 2. The van der Waals surface area contributed by atoms with Crippen molar-refractivity contribution in [3.05, 3.63) is 0 Å². The summed E-state index contributed by atoms with van der Waals surface area (Å²) in [4.78, 5) is 0. The molecule has 0 aromatic rings. The van der Waals surface area contributed by atoms with Gasteiger partial charge in [0.2, 0.25) is 0 Å². The van der Waals surface area contributed by atoms with Crippen molar-refractivity contribution in [3.63, 3.8) is 0 Å². The van der Waals surface area contributed by atoms with Crippen LogP contribution in [-0.2, 0) is 0 Å². The normalized spacial score (nSPS) is 56.6. The summed E-state index contributed by atoms with van der Waals surface area (Å²) in [6.45, 7) is 6.86. The van der Waals surface area contributed by atoms with Crippen molar-refractivity contribution < 1.29 is 10.2 Å². The van der Waals surface area contributed by atoms with Gasteiger partial charge in [0.15, 0.2) is 0 Å². The van der Waals surface area contributed by atoms with Gasteiger partial charge < -0.3 is 10.2 Å². The second-order valence-electron chi connectivity index (χ2n) is 7.93. The highest BCUT2D eigenvalue weighted by Gasteiger charge is 2.61. The molecule has 17 heavy (non-hydrogen) atoms. The summed E-state index contributed by atoms with van der Waals surface area (Å²) in [6, 6.07) is 0. The van der Waals surface area contributed by atoms with Crippen LogP contribution in [0.3, 0.4) is 0 Å². The third-order valence-corrected chi connectivity index (χ3v) is 6.32. The molecule has 0 saturated heterocycles. The van der Waals surface area contributed by atoms with Crippen LogP contribution in [-0.4, -0.2) is 21.9 Å². The number of aliphatic hydroxyl groups excluding tert-OH is 1. The highest BCUT2D eigenvalue weighted by Crippen LogP contribution is 2.64. The highest BCUT2D eigenvalue weighted by molar-refractivity contribution is 5.12. The average Bonchev–Trinajstić information content (AvgIpc) is 2.28. The second-order valence-corrected chi connectivity index (χ2v) is 7.93. The van der Waals surface area contributed by atoms with Crippen molar-refractivity contribution in [3.8, 4) is 0 Å². The highest BCUT2D eigenvalue weighted by atomic mass is 16.3. The van der Waals surface area contributed by atoms with Gasteiger partial charge in [0.25, 0.3) is 0 Å². The molecule has 0 aromatic carbocycles. The van der Waals surface area contributed by atoms with E-state index in [9.17, 15) is 10.2 Å². The van der Waals surface area contributed by atoms with Crippen LogP contribution in [0.25, 0.3) is 0 Å². The van der Waals surface area contributed by atoms with E-state index in [4.69, 9.17) is 0 Å². The summed E-state index contributed by atoms with van der Waals surface area (Å²) in [5, 5.41) is 21.2. The minimum Gasteiger partial charge on any atom is -0.393 e. The van der Waals surface area contributed by atoms with Gasteiger partial charge in [0, 0.05) is 0 Å². The maximum absolute atomic E-state index is 11.0. The number of hydrogen-bond donors (Lipinski definition) is 2. The summed E-state index contributed by atoms with van der Waals surface area (Å²) in [7, 11) is 0. The van der Waals surface area contributed by atoms with Crippen molar-refractivity contribution in [1.29, 1.82) is 0 Å². The van der Waals surface area contributed by atoms with Crippen molar-refractivity contribution in [1.82, 2.24) is 0 Å². The van der Waals surface area contributed by atoms with Crippen molar-refractivity contribution >= 4 is 0 Å². The third kappa shape index (κ3) is 1.53. The van der Waals surface area contributed by atoms with Crippen molar-refractivity contribution in [2.45, 2.75) is 71.0 Å². The van der Waals surface area contributed by atoms with Crippen LogP contribution in [0.2, 0.25) is 0 Å². The molecule has 3 aliphatic carbocycles. The smallest absolute Gasteiger partial charge is 0.0686 e. The molecule has 0 aromatic heterocycles. The van der Waals surface area contributed by atoms with E-state index in [-0.39, 0.29) is 11.5 Å². The SMILES string of the molecule is CC1(C)C[C@H]2[C@H]1CC[C@@]1(C)C[C@@]2(O)CC[C@@H]1O. The Morgan fingerprint density at radius 3 is 2.35 bits per heavy atom. The topological polar surface area (TPSA) is 40.5 Å². The van der Waals surface area contributed by atoms with Crippen LogP contribution in [0.1, 0.15) is 59.3 Å². The van der Waals surface area contributed by atoms with E-state index in [1.807, 2.05) is 0 Å². The first-order valence-electron chi connectivity index (χ1n) is 7.17. The van der Waals surface area contributed by atoms with Crippen LogP contribution in [0.15, 0.2) is 0 Å². The van der Waals surface area contributed by atoms with Gasteiger partial charge in [-0.15, -0.1) is 0 Å². The van der Waals surface area contributed by atoms with Gasteiger partial charge in [0.1, 0.15) is 0 Å². The molecule has 2 heteroatoms. The summed E-state index contributed by atoms with van der Waals surface area (Å²) in [5.41, 5.74) is -0.121. The number of fused-ring (bicyclic) bond motifs is 4. The molecule has 3 fully saturated rings. The molecule has 0 unspecified atom stereocenters. The third-order valence-electron chi connectivity index (χ3n) is 6.32. The molecule has 0 spiro atoms. The lowest BCUT2D eigenvalue weighted by Gasteiger charge is -2.58. The summed E-state index contributed by atoms with van der Waals surface area (Å²) in [6.07, 6.45) is 5.65. The lowest BCUT2D eigenvalue weighted by molar-refractivity contribution is -0.176. The zero-order valence-corrected chi connectivity index (χ0v) is 11.4. The Morgan fingerprint density at radius 1 is 1.00 bits per heavy atom. The summed E-state index contributed by atoms with van der Waals surface area (Å²) in [5.74, 6) is 1.16. The summed E-state index contributed by atoms with van der Waals surface area (Å²) < 4.78 is 0. The Kier molecular flexibility index (Phi) is 2.30. The zero-order chi connectivity index (χ0) is 12.5. The van der Waals surface area contributed by atoms with Gasteiger partial charge in [-0.05, 0) is 61.2 Å². The molecule has 0 aliphatic heterocycles. The van der Waals surface area contributed by atoms with Gasteiger partial charge in [-0.25, -0.2) is 0 Å². The van der Waals surface area contributed by atoms with Crippen molar-refractivity contribution in [2.24, 2.45) is 22.7 Å². The molecule has 98 valence electrons. The Balaban J connectivity index is 1.93. The van der Waals surface area contributed by atoms with Crippen LogP contribution in [0.5, 0.6) is 0 Å². The molecule has 5 atom stereocenters. The van der Waals surface area contributed by atoms with E-state index >= 15 is 0 Å². The predicted octanol–water partition coefficient (Wildman–Crippen LogP) is 2.72. The quantitative estimate of drug-likeness (QED) is 0.681. The Labute approximate surface area is 104 Å². The van der Waals surface area contributed by atoms with E-state index in [0.717, 1.165) is 25.7 Å². The second kappa shape index (κ2) is 3.27. The first kappa shape index (κ1) is 12.0. The largest absolute Gasteiger partial charge is 0.393 e.